The fraction of sp³-hybridized carbons (Fsp3) is 0.364. The third-order valence-electron chi connectivity index (χ3n) is 5.01. The van der Waals surface area contributed by atoms with Gasteiger partial charge in [0.05, 0.1) is 11.8 Å². The van der Waals surface area contributed by atoms with Crippen LogP contribution in [0.3, 0.4) is 0 Å². The van der Waals surface area contributed by atoms with Gasteiger partial charge in [-0.2, -0.15) is 0 Å². The number of benzene rings is 2. The summed E-state index contributed by atoms with van der Waals surface area (Å²) in [4.78, 5) is 26.9. The Kier molecular flexibility index (Phi) is 5.12. The molecular weight excluding hydrogens is 324 g/mol. The molecule has 136 valence electrons. The van der Waals surface area contributed by atoms with Crippen LogP contribution in [-0.4, -0.2) is 23.8 Å². The third kappa shape index (κ3) is 3.96. The SMILES string of the molecule is Cc1cc(C)c(NC(=O)C2CC2C(=O)N(C)Cc2ccccc2)c(C)c1. The summed E-state index contributed by atoms with van der Waals surface area (Å²) in [5.41, 5.74) is 5.26. The van der Waals surface area contributed by atoms with Gasteiger partial charge in [0.1, 0.15) is 0 Å². The third-order valence-corrected chi connectivity index (χ3v) is 5.01. The molecular formula is C22H26N2O2. The van der Waals surface area contributed by atoms with Gasteiger partial charge in [0.2, 0.25) is 11.8 Å². The number of rotatable bonds is 5. The van der Waals surface area contributed by atoms with Gasteiger partial charge in [0, 0.05) is 19.3 Å². The zero-order valence-corrected chi connectivity index (χ0v) is 15.9. The Balaban J connectivity index is 1.59. The van der Waals surface area contributed by atoms with Gasteiger partial charge < -0.3 is 10.2 Å². The van der Waals surface area contributed by atoms with Crippen LogP contribution in [0, 0.1) is 32.6 Å². The normalized spacial score (nSPS) is 18.3. The van der Waals surface area contributed by atoms with Crippen LogP contribution in [0.25, 0.3) is 0 Å². The number of carbonyl (C=O) groups is 2. The average Bonchev–Trinajstić information content (AvgIpc) is 3.39. The number of hydrogen-bond donors (Lipinski definition) is 1. The molecule has 2 atom stereocenters. The standard InChI is InChI=1S/C22H26N2O2/c1-14-10-15(2)20(16(3)11-14)23-21(25)18-12-19(18)22(26)24(4)13-17-8-6-5-7-9-17/h5-11,18-19H,12-13H2,1-4H3,(H,23,25). The first kappa shape index (κ1) is 18.2. The first-order valence-electron chi connectivity index (χ1n) is 9.04. The minimum absolute atomic E-state index is 0.0475. The van der Waals surface area contributed by atoms with Crippen molar-refractivity contribution in [1.29, 1.82) is 0 Å². The van der Waals surface area contributed by atoms with Crippen molar-refractivity contribution in [2.75, 3.05) is 12.4 Å². The van der Waals surface area contributed by atoms with E-state index in [1.54, 1.807) is 11.9 Å². The van der Waals surface area contributed by atoms with E-state index in [0.29, 0.717) is 13.0 Å². The maximum Gasteiger partial charge on any atom is 0.228 e. The Labute approximate surface area is 155 Å². The van der Waals surface area contributed by atoms with E-state index in [1.165, 1.54) is 5.56 Å². The molecule has 2 aromatic rings. The molecule has 1 N–H and O–H groups in total. The van der Waals surface area contributed by atoms with Gasteiger partial charge in [0.25, 0.3) is 0 Å². The van der Waals surface area contributed by atoms with Gasteiger partial charge in [-0.3, -0.25) is 9.59 Å². The highest BCUT2D eigenvalue weighted by Gasteiger charge is 2.49. The van der Waals surface area contributed by atoms with E-state index in [4.69, 9.17) is 0 Å². The molecule has 2 aromatic carbocycles. The quantitative estimate of drug-likeness (QED) is 0.890. The summed E-state index contributed by atoms with van der Waals surface area (Å²) in [6, 6.07) is 14.0. The molecule has 0 bridgehead atoms. The van der Waals surface area contributed by atoms with E-state index in [9.17, 15) is 9.59 Å². The largest absolute Gasteiger partial charge is 0.341 e. The lowest BCUT2D eigenvalue weighted by Gasteiger charge is -2.17. The number of nitrogens with one attached hydrogen (secondary N) is 1. The smallest absolute Gasteiger partial charge is 0.228 e. The Bertz CT molecular complexity index is 806. The van der Waals surface area contributed by atoms with Gasteiger partial charge in [-0.15, -0.1) is 0 Å². The molecule has 0 aliphatic heterocycles. The van der Waals surface area contributed by atoms with Gasteiger partial charge in [-0.05, 0) is 43.9 Å². The highest BCUT2D eigenvalue weighted by Crippen LogP contribution is 2.41. The summed E-state index contributed by atoms with van der Waals surface area (Å²) in [7, 11) is 1.80. The number of nitrogens with zero attached hydrogens (tertiary/aromatic N) is 1. The predicted molar refractivity (Wildman–Crippen MR) is 104 cm³/mol. The lowest BCUT2D eigenvalue weighted by molar-refractivity contribution is -0.133. The van der Waals surface area contributed by atoms with Crippen molar-refractivity contribution in [3.8, 4) is 0 Å². The maximum absolute atomic E-state index is 12.6. The van der Waals surface area contributed by atoms with Gasteiger partial charge in [0.15, 0.2) is 0 Å². The predicted octanol–water partition coefficient (Wildman–Crippen LogP) is 3.85. The fourth-order valence-electron chi connectivity index (χ4n) is 3.57. The zero-order chi connectivity index (χ0) is 18.8. The first-order valence-corrected chi connectivity index (χ1v) is 9.04. The lowest BCUT2D eigenvalue weighted by atomic mass is 10.0. The van der Waals surface area contributed by atoms with Crippen molar-refractivity contribution in [3.05, 3.63) is 64.7 Å². The molecule has 0 radical (unpaired) electrons. The Hall–Kier alpha value is -2.62. The van der Waals surface area contributed by atoms with E-state index >= 15 is 0 Å². The molecule has 0 heterocycles. The zero-order valence-electron chi connectivity index (χ0n) is 15.9. The van der Waals surface area contributed by atoms with Crippen molar-refractivity contribution in [2.24, 2.45) is 11.8 Å². The van der Waals surface area contributed by atoms with Crippen LogP contribution in [0.4, 0.5) is 5.69 Å². The van der Waals surface area contributed by atoms with E-state index in [0.717, 1.165) is 22.4 Å². The highest BCUT2D eigenvalue weighted by atomic mass is 16.2. The Morgan fingerprint density at radius 3 is 2.27 bits per heavy atom. The molecule has 0 spiro atoms. The summed E-state index contributed by atoms with van der Waals surface area (Å²) in [6.07, 6.45) is 0.633. The molecule has 0 aromatic heterocycles. The number of anilines is 1. The number of carbonyl (C=O) groups excluding carboxylic acids is 2. The molecule has 3 rings (SSSR count). The molecule has 1 saturated carbocycles. The van der Waals surface area contributed by atoms with Crippen LogP contribution in [0.15, 0.2) is 42.5 Å². The molecule has 4 heteroatoms. The number of aryl methyl sites for hydroxylation is 3. The topological polar surface area (TPSA) is 49.4 Å². The van der Waals surface area contributed by atoms with Gasteiger partial charge in [-0.25, -0.2) is 0 Å². The van der Waals surface area contributed by atoms with E-state index < -0.39 is 0 Å². The van der Waals surface area contributed by atoms with E-state index in [1.807, 2.05) is 51.1 Å². The molecule has 4 nitrogen and oxygen atoms in total. The Morgan fingerprint density at radius 1 is 1.04 bits per heavy atom. The van der Waals surface area contributed by atoms with Crippen LogP contribution >= 0.6 is 0 Å². The van der Waals surface area contributed by atoms with Crippen molar-refractivity contribution in [1.82, 2.24) is 4.90 Å². The minimum Gasteiger partial charge on any atom is -0.341 e. The monoisotopic (exact) mass is 350 g/mol. The van der Waals surface area contributed by atoms with Crippen LogP contribution in [0.2, 0.25) is 0 Å². The molecule has 1 aliphatic rings. The summed E-state index contributed by atoms with van der Waals surface area (Å²) >= 11 is 0. The summed E-state index contributed by atoms with van der Waals surface area (Å²) in [5.74, 6) is -0.423. The van der Waals surface area contributed by atoms with E-state index in [-0.39, 0.29) is 23.7 Å². The summed E-state index contributed by atoms with van der Waals surface area (Å²) < 4.78 is 0. The summed E-state index contributed by atoms with van der Waals surface area (Å²) in [6.45, 7) is 6.61. The fourth-order valence-corrected chi connectivity index (χ4v) is 3.57. The summed E-state index contributed by atoms with van der Waals surface area (Å²) in [5, 5.41) is 3.03. The Morgan fingerprint density at radius 2 is 1.65 bits per heavy atom. The molecule has 1 fully saturated rings. The second-order valence-corrected chi connectivity index (χ2v) is 7.39. The molecule has 26 heavy (non-hydrogen) atoms. The van der Waals surface area contributed by atoms with Crippen LogP contribution in [0.5, 0.6) is 0 Å². The van der Waals surface area contributed by atoms with E-state index in [2.05, 4.69) is 17.4 Å². The van der Waals surface area contributed by atoms with Crippen LogP contribution in [0.1, 0.15) is 28.7 Å². The first-order chi connectivity index (χ1) is 12.4. The molecule has 2 unspecified atom stereocenters. The minimum atomic E-state index is -0.221. The maximum atomic E-state index is 12.6. The highest BCUT2D eigenvalue weighted by molar-refractivity contribution is 6.00. The molecule has 0 saturated heterocycles. The molecule has 1 aliphatic carbocycles. The molecule has 2 amide bonds. The second-order valence-electron chi connectivity index (χ2n) is 7.39. The van der Waals surface area contributed by atoms with Crippen LogP contribution in [-0.2, 0) is 16.1 Å². The van der Waals surface area contributed by atoms with Crippen molar-refractivity contribution >= 4 is 17.5 Å². The van der Waals surface area contributed by atoms with Crippen molar-refractivity contribution in [3.63, 3.8) is 0 Å². The number of hydrogen-bond acceptors (Lipinski definition) is 2. The van der Waals surface area contributed by atoms with Gasteiger partial charge in [-0.1, -0.05) is 48.0 Å². The number of amides is 2. The second kappa shape index (κ2) is 7.32. The average molecular weight is 350 g/mol. The van der Waals surface area contributed by atoms with Gasteiger partial charge >= 0.3 is 0 Å². The lowest BCUT2D eigenvalue weighted by Crippen LogP contribution is -2.29. The van der Waals surface area contributed by atoms with Crippen molar-refractivity contribution < 1.29 is 9.59 Å². The van der Waals surface area contributed by atoms with Crippen molar-refractivity contribution in [2.45, 2.75) is 33.7 Å². The van der Waals surface area contributed by atoms with Crippen LogP contribution < -0.4 is 5.32 Å².